The molecule has 3 N–H and O–H groups in total. The predicted molar refractivity (Wildman–Crippen MR) is 74.9 cm³/mol. The zero-order valence-corrected chi connectivity index (χ0v) is 11.7. The molecule has 0 amide bonds. The van der Waals surface area contributed by atoms with E-state index in [9.17, 15) is 0 Å². The van der Waals surface area contributed by atoms with Crippen LogP contribution in [-0.2, 0) is 6.42 Å². The van der Waals surface area contributed by atoms with Gasteiger partial charge in [0.2, 0.25) is 0 Å². The Morgan fingerprint density at radius 1 is 1.53 bits per heavy atom. The van der Waals surface area contributed by atoms with E-state index in [1.54, 1.807) is 0 Å². The molecule has 1 aliphatic rings. The first-order chi connectivity index (χ1) is 8.26. The Hall–Kier alpha value is -0.380. The Morgan fingerprint density at radius 3 is 3.00 bits per heavy atom. The van der Waals surface area contributed by atoms with E-state index in [-0.39, 0.29) is 0 Å². The largest absolute Gasteiger partial charge is 0.271 e. The maximum atomic E-state index is 5.82. The molecule has 1 saturated carbocycles. The van der Waals surface area contributed by atoms with Crippen LogP contribution in [0.1, 0.15) is 56.0 Å². The van der Waals surface area contributed by atoms with Gasteiger partial charge in [0.25, 0.3) is 0 Å². The molecule has 1 heterocycles. The van der Waals surface area contributed by atoms with Crippen LogP contribution in [-0.4, -0.2) is 0 Å². The van der Waals surface area contributed by atoms with Crippen molar-refractivity contribution in [3.8, 4) is 0 Å². The zero-order valence-electron chi connectivity index (χ0n) is 10.9. The lowest BCUT2D eigenvalue weighted by Crippen LogP contribution is -2.35. The minimum atomic E-state index is 0.368. The maximum absolute atomic E-state index is 5.82. The standard InChI is InChI=1S/C14H24N2S/c1-3-11-7-8-17-14(11)13(16-15)12-6-4-5-10(2)9-12/h7-8,10,12-13,16H,3-6,9,15H2,1-2H3. The highest BCUT2D eigenvalue weighted by Crippen LogP contribution is 2.39. The van der Waals surface area contributed by atoms with Crippen LogP contribution in [0.5, 0.6) is 0 Å². The zero-order chi connectivity index (χ0) is 12.3. The first-order valence-corrected chi connectivity index (χ1v) is 7.66. The molecule has 1 fully saturated rings. The molecular formula is C14H24N2S. The van der Waals surface area contributed by atoms with Gasteiger partial charge in [-0.1, -0.05) is 26.7 Å². The third kappa shape index (κ3) is 2.90. The third-order valence-corrected chi connectivity index (χ3v) is 5.11. The molecule has 3 unspecified atom stereocenters. The summed E-state index contributed by atoms with van der Waals surface area (Å²) >= 11 is 1.86. The van der Waals surface area contributed by atoms with Gasteiger partial charge < -0.3 is 0 Å². The predicted octanol–water partition coefficient (Wildman–Crippen LogP) is 3.64. The monoisotopic (exact) mass is 252 g/mol. The van der Waals surface area contributed by atoms with Gasteiger partial charge in [-0.25, -0.2) is 0 Å². The Morgan fingerprint density at radius 2 is 2.35 bits per heavy atom. The summed E-state index contributed by atoms with van der Waals surface area (Å²) in [6, 6.07) is 2.61. The number of nitrogens with one attached hydrogen (secondary N) is 1. The molecule has 0 aliphatic heterocycles. The molecule has 2 nitrogen and oxygen atoms in total. The number of rotatable bonds is 4. The second-order valence-corrected chi connectivity index (χ2v) is 6.29. The van der Waals surface area contributed by atoms with Crippen molar-refractivity contribution in [2.45, 2.75) is 52.0 Å². The molecule has 1 aliphatic carbocycles. The summed E-state index contributed by atoms with van der Waals surface area (Å²) in [6.45, 7) is 4.59. The van der Waals surface area contributed by atoms with E-state index in [1.807, 2.05) is 11.3 Å². The van der Waals surface area contributed by atoms with Crippen molar-refractivity contribution in [1.82, 2.24) is 5.43 Å². The summed E-state index contributed by atoms with van der Waals surface area (Å²) in [4.78, 5) is 1.47. The topological polar surface area (TPSA) is 38.0 Å². The van der Waals surface area contributed by atoms with Crippen LogP contribution < -0.4 is 11.3 Å². The number of hydrogen-bond acceptors (Lipinski definition) is 3. The maximum Gasteiger partial charge on any atom is 0.0584 e. The van der Waals surface area contributed by atoms with Gasteiger partial charge in [0, 0.05) is 4.88 Å². The van der Waals surface area contributed by atoms with E-state index >= 15 is 0 Å². The van der Waals surface area contributed by atoms with Crippen LogP contribution in [0.25, 0.3) is 0 Å². The van der Waals surface area contributed by atoms with E-state index in [4.69, 9.17) is 5.84 Å². The minimum absolute atomic E-state index is 0.368. The fourth-order valence-corrected chi connectivity index (χ4v) is 4.27. The van der Waals surface area contributed by atoms with Crippen molar-refractivity contribution in [1.29, 1.82) is 0 Å². The van der Waals surface area contributed by atoms with Crippen molar-refractivity contribution in [2.75, 3.05) is 0 Å². The number of thiophene rings is 1. The first kappa shape index (κ1) is 13.1. The summed E-state index contributed by atoms with van der Waals surface area (Å²) in [7, 11) is 0. The van der Waals surface area contributed by atoms with Gasteiger partial charge in [-0.15, -0.1) is 11.3 Å². The SMILES string of the molecule is CCc1ccsc1C(NN)C1CCCC(C)C1. The van der Waals surface area contributed by atoms with Crippen molar-refractivity contribution < 1.29 is 0 Å². The summed E-state index contributed by atoms with van der Waals surface area (Å²) in [5.74, 6) is 7.39. The highest BCUT2D eigenvalue weighted by atomic mass is 32.1. The Bertz CT molecular complexity index is 348. The number of aryl methyl sites for hydroxylation is 1. The van der Waals surface area contributed by atoms with Crippen LogP contribution >= 0.6 is 11.3 Å². The van der Waals surface area contributed by atoms with Crippen LogP contribution in [0.4, 0.5) is 0 Å². The molecule has 3 heteroatoms. The molecule has 0 saturated heterocycles. The minimum Gasteiger partial charge on any atom is -0.271 e. The normalized spacial score (nSPS) is 27.0. The third-order valence-electron chi connectivity index (χ3n) is 4.07. The molecule has 17 heavy (non-hydrogen) atoms. The van der Waals surface area contributed by atoms with Crippen LogP contribution in [0.15, 0.2) is 11.4 Å². The summed E-state index contributed by atoms with van der Waals surface area (Å²) in [6.07, 6.45) is 6.49. The lowest BCUT2D eigenvalue weighted by atomic mass is 9.78. The molecule has 2 rings (SSSR count). The van der Waals surface area contributed by atoms with Gasteiger partial charge in [0.15, 0.2) is 0 Å². The number of nitrogens with two attached hydrogens (primary N) is 1. The van der Waals surface area contributed by atoms with Crippen molar-refractivity contribution in [3.63, 3.8) is 0 Å². The van der Waals surface area contributed by atoms with E-state index < -0.39 is 0 Å². The number of hydrogen-bond donors (Lipinski definition) is 2. The average Bonchev–Trinajstić information content (AvgIpc) is 2.78. The Balaban J connectivity index is 2.15. The number of hydrazine groups is 1. The van der Waals surface area contributed by atoms with Gasteiger partial charge in [-0.2, -0.15) is 0 Å². The van der Waals surface area contributed by atoms with E-state index in [0.29, 0.717) is 12.0 Å². The van der Waals surface area contributed by atoms with E-state index in [2.05, 4.69) is 30.7 Å². The first-order valence-electron chi connectivity index (χ1n) is 6.78. The fourth-order valence-electron chi connectivity index (χ4n) is 3.12. The smallest absolute Gasteiger partial charge is 0.0584 e. The van der Waals surface area contributed by atoms with Gasteiger partial charge in [-0.05, 0) is 48.1 Å². The van der Waals surface area contributed by atoms with Gasteiger partial charge in [-0.3, -0.25) is 11.3 Å². The quantitative estimate of drug-likeness (QED) is 0.634. The molecule has 0 radical (unpaired) electrons. The van der Waals surface area contributed by atoms with Crippen LogP contribution in [0, 0.1) is 11.8 Å². The molecule has 96 valence electrons. The Kier molecular flexibility index (Phi) is 4.60. The van der Waals surface area contributed by atoms with Crippen molar-refractivity contribution >= 4 is 11.3 Å². The second kappa shape index (κ2) is 5.98. The van der Waals surface area contributed by atoms with Crippen molar-refractivity contribution in [3.05, 3.63) is 21.9 Å². The summed E-state index contributed by atoms with van der Waals surface area (Å²) in [5.41, 5.74) is 4.55. The molecule has 0 spiro atoms. The van der Waals surface area contributed by atoms with E-state index in [1.165, 1.54) is 36.1 Å². The lowest BCUT2D eigenvalue weighted by molar-refractivity contribution is 0.226. The highest BCUT2D eigenvalue weighted by molar-refractivity contribution is 7.10. The average molecular weight is 252 g/mol. The molecule has 3 atom stereocenters. The summed E-state index contributed by atoms with van der Waals surface area (Å²) in [5, 5.41) is 2.20. The van der Waals surface area contributed by atoms with Gasteiger partial charge >= 0.3 is 0 Å². The van der Waals surface area contributed by atoms with E-state index in [0.717, 1.165) is 12.3 Å². The van der Waals surface area contributed by atoms with Gasteiger partial charge in [0.1, 0.15) is 0 Å². The summed E-state index contributed by atoms with van der Waals surface area (Å²) < 4.78 is 0. The lowest BCUT2D eigenvalue weighted by Gasteiger charge is -2.33. The molecule has 1 aromatic rings. The Labute approximate surface area is 109 Å². The highest BCUT2D eigenvalue weighted by Gasteiger charge is 2.28. The molecular weight excluding hydrogens is 228 g/mol. The van der Waals surface area contributed by atoms with Gasteiger partial charge in [0.05, 0.1) is 6.04 Å². The molecule has 1 aromatic heterocycles. The van der Waals surface area contributed by atoms with Crippen LogP contribution in [0.3, 0.4) is 0 Å². The molecule has 0 aromatic carbocycles. The molecule has 0 bridgehead atoms. The van der Waals surface area contributed by atoms with Crippen LogP contribution in [0.2, 0.25) is 0 Å². The second-order valence-electron chi connectivity index (χ2n) is 5.34. The fraction of sp³-hybridized carbons (Fsp3) is 0.714. The van der Waals surface area contributed by atoms with Crippen molar-refractivity contribution in [2.24, 2.45) is 17.7 Å².